The van der Waals surface area contributed by atoms with E-state index in [2.05, 4.69) is 12.1 Å². The van der Waals surface area contributed by atoms with Crippen molar-refractivity contribution >= 4 is 10.9 Å². The van der Waals surface area contributed by atoms with Crippen molar-refractivity contribution in [2.24, 2.45) is 0 Å². The van der Waals surface area contributed by atoms with E-state index in [1.165, 1.54) is 17.4 Å². The molecule has 0 atom stereocenters. The van der Waals surface area contributed by atoms with E-state index >= 15 is 0 Å². The van der Waals surface area contributed by atoms with Crippen molar-refractivity contribution < 1.29 is 4.84 Å². The van der Waals surface area contributed by atoms with Crippen LogP contribution in [0.25, 0.3) is 22.0 Å². The number of fused-ring (bicyclic) bond motifs is 1. The summed E-state index contributed by atoms with van der Waals surface area (Å²) in [5.41, 5.74) is 4.89. The van der Waals surface area contributed by atoms with Crippen molar-refractivity contribution in [1.29, 1.82) is 0 Å². The van der Waals surface area contributed by atoms with Crippen LogP contribution in [0.15, 0.2) is 53.3 Å². The Labute approximate surface area is 123 Å². The Morgan fingerprint density at radius 1 is 0.905 bits per heavy atom. The highest BCUT2D eigenvalue weighted by atomic mass is 16.6. The van der Waals surface area contributed by atoms with Gasteiger partial charge >= 0.3 is 0 Å². The number of nitrogens with zero attached hydrogens (tertiary/aromatic N) is 1. The summed E-state index contributed by atoms with van der Waals surface area (Å²) in [6.45, 7) is 4.05. The van der Waals surface area contributed by atoms with E-state index in [0.717, 1.165) is 27.6 Å². The van der Waals surface area contributed by atoms with Crippen molar-refractivity contribution in [1.82, 2.24) is 4.73 Å². The van der Waals surface area contributed by atoms with Crippen LogP contribution in [0.3, 0.4) is 0 Å². The van der Waals surface area contributed by atoms with Crippen molar-refractivity contribution in [3.8, 4) is 11.1 Å². The Kier molecular flexibility index (Phi) is 3.26. The van der Waals surface area contributed by atoms with Gasteiger partial charge in [-0.25, -0.2) is 0 Å². The molecule has 2 aromatic carbocycles. The monoisotopic (exact) mass is 279 g/mol. The minimum absolute atomic E-state index is 0.161. The molecule has 3 rings (SSSR count). The number of pyridine rings is 1. The zero-order valence-corrected chi connectivity index (χ0v) is 12.4. The zero-order valence-electron chi connectivity index (χ0n) is 12.4. The van der Waals surface area contributed by atoms with E-state index in [1.807, 2.05) is 44.2 Å². The second-order valence-corrected chi connectivity index (χ2v) is 5.26. The van der Waals surface area contributed by atoms with Crippen LogP contribution in [0.4, 0.5) is 0 Å². The predicted octanol–water partition coefficient (Wildman–Crippen LogP) is 3.34. The molecule has 3 heteroatoms. The molecule has 0 aliphatic carbocycles. The highest BCUT2D eigenvalue weighted by Crippen LogP contribution is 2.27. The van der Waals surface area contributed by atoms with Gasteiger partial charge in [0.2, 0.25) is 0 Å². The molecule has 0 aliphatic rings. The topological polar surface area (TPSA) is 31.2 Å². The van der Waals surface area contributed by atoms with Crippen LogP contribution in [0.2, 0.25) is 0 Å². The molecule has 106 valence electrons. The number of rotatable bonds is 2. The van der Waals surface area contributed by atoms with Gasteiger partial charge < -0.3 is 4.84 Å². The molecule has 0 bridgehead atoms. The van der Waals surface area contributed by atoms with Crippen molar-refractivity contribution in [2.75, 3.05) is 7.11 Å². The summed E-state index contributed by atoms with van der Waals surface area (Å²) in [7, 11) is 1.51. The number of aromatic nitrogens is 1. The largest absolute Gasteiger partial charge is 0.413 e. The van der Waals surface area contributed by atoms with Gasteiger partial charge in [-0.3, -0.25) is 4.79 Å². The summed E-state index contributed by atoms with van der Waals surface area (Å²) in [4.78, 5) is 17.5. The van der Waals surface area contributed by atoms with Gasteiger partial charge in [-0.2, -0.15) is 0 Å². The number of hydrogen-bond donors (Lipinski definition) is 0. The number of aryl methyl sites for hydroxylation is 2. The molecular formula is C18H17NO2. The number of hydrogen-bond acceptors (Lipinski definition) is 2. The van der Waals surface area contributed by atoms with Gasteiger partial charge in [0.05, 0.1) is 5.52 Å². The third-order valence-electron chi connectivity index (χ3n) is 3.68. The second-order valence-electron chi connectivity index (χ2n) is 5.26. The maximum absolute atomic E-state index is 12.3. The van der Waals surface area contributed by atoms with E-state index < -0.39 is 0 Å². The van der Waals surface area contributed by atoms with E-state index in [0.29, 0.717) is 0 Å². The first-order valence-electron chi connectivity index (χ1n) is 6.88. The normalized spacial score (nSPS) is 10.8. The molecule has 1 aromatic heterocycles. The van der Waals surface area contributed by atoms with Gasteiger partial charge in [-0.1, -0.05) is 42.0 Å². The fourth-order valence-corrected chi connectivity index (χ4v) is 2.58. The van der Waals surface area contributed by atoms with Crippen molar-refractivity contribution in [2.45, 2.75) is 13.8 Å². The summed E-state index contributed by atoms with van der Waals surface area (Å²) in [6, 6.07) is 15.9. The average Bonchev–Trinajstić information content (AvgIpc) is 2.47. The van der Waals surface area contributed by atoms with Gasteiger partial charge in [0.1, 0.15) is 7.11 Å². The zero-order chi connectivity index (χ0) is 15.0. The minimum atomic E-state index is -0.161. The molecule has 0 unspecified atom stereocenters. The maximum atomic E-state index is 12.3. The Morgan fingerprint density at radius 2 is 1.57 bits per heavy atom. The first-order valence-corrected chi connectivity index (χ1v) is 6.88. The number of benzene rings is 2. The van der Waals surface area contributed by atoms with Crippen molar-refractivity contribution in [3.63, 3.8) is 0 Å². The SMILES string of the molecule is COn1c(=O)cc(-c2ccc(C)cc2)c2ccc(C)cc21. The molecule has 21 heavy (non-hydrogen) atoms. The van der Waals surface area contributed by atoms with E-state index in [9.17, 15) is 4.79 Å². The van der Waals surface area contributed by atoms with Crippen LogP contribution in [-0.2, 0) is 0 Å². The van der Waals surface area contributed by atoms with Crippen LogP contribution >= 0.6 is 0 Å². The molecule has 0 amide bonds. The van der Waals surface area contributed by atoms with E-state index in [-0.39, 0.29) is 5.56 Å². The Bertz CT molecular complexity index is 861. The third kappa shape index (κ3) is 2.31. The van der Waals surface area contributed by atoms with Crippen LogP contribution in [-0.4, -0.2) is 11.8 Å². The Hall–Kier alpha value is -2.55. The Morgan fingerprint density at radius 3 is 2.24 bits per heavy atom. The van der Waals surface area contributed by atoms with Crippen LogP contribution in [0.5, 0.6) is 0 Å². The fourth-order valence-electron chi connectivity index (χ4n) is 2.58. The van der Waals surface area contributed by atoms with Crippen LogP contribution < -0.4 is 10.4 Å². The molecule has 0 aliphatic heterocycles. The average molecular weight is 279 g/mol. The molecule has 0 radical (unpaired) electrons. The highest BCUT2D eigenvalue weighted by molar-refractivity contribution is 5.94. The summed E-state index contributed by atoms with van der Waals surface area (Å²) in [5.74, 6) is 0. The smallest absolute Gasteiger partial charge is 0.284 e. The highest BCUT2D eigenvalue weighted by Gasteiger charge is 2.11. The second kappa shape index (κ2) is 5.09. The quantitative estimate of drug-likeness (QED) is 0.720. The maximum Gasteiger partial charge on any atom is 0.284 e. The molecule has 0 spiro atoms. The lowest BCUT2D eigenvalue weighted by Crippen LogP contribution is -2.24. The summed E-state index contributed by atoms with van der Waals surface area (Å²) < 4.78 is 1.33. The van der Waals surface area contributed by atoms with E-state index in [1.54, 1.807) is 6.07 Å². The molecule has 1 heterocycles. The lowest BCUT2D eigenvalue weighted by molar-refractivity contribution is 0.169. The minimum Gasteiger partial charge on any atom is -0.413 e. The molecule has 0 saturated carbocycles. The summed E-state index contributed by atoms with van der Waals surface area (Å²) >= 11 is 0. The fraction of sp³-hybridized carbons (Fsp3) is 0.167. The summed E-state index contributed by atoms with van der Waals surface area (Å²) in [6.07, 6.45) is 0. The van der Waals surface area contributed by atoms with Gasteiger partial charge in [-0.05, 0) is 36.6 Å². The van der Waals surface area contributed by atoms with Crippen LogP contribution in [0, 0.1) is 13.8 Å². The molecular weight excluding hydrogens is 262 g/mol. The molecule has 0 fully saturated rings. The third-order valence-corrected chi connectivity index (χ3v) is 3.68. The first kappa shape index (κ1) is 13.4. The van der Waals surface area contributed by atoms with Crippen LogP contribution in [0.1, 0.15) is 11.1 Å². The standard InChI is InChI=1S/C18H17NO2/c1-12-4-7-14(8-5-12)16-11-18(20)19(21-3)17-10-13(2)6-9-15(16)17/h4-11H,1-3H3. The molecule has 0 saturated heterocycles. The molecule has 3 aromatic rings. The van der Waals surface area contributed by atoms with Gasteiger partial charge in [0, 0.05) is 11.5 Å². The lowest BCUT2D eigenvalue weighted by atomic mass is 9.99. The Balaban J connectivity index is 2.38. The first-order chi connectivity index (χ1) is 10.1. The van der Waals surface area contributed by atoms with Gasteiger partial charge in [0.15, 0.2) is 0 Å². The molecule has 0 N–H and O–H groups in total. The van der Waals surface area contributed by atoms with Gasteiger partial charge in [-0.15, -0.1) is 4.73 Å². The van der Waals surface area contributed by atoms with Crippen molar-refractivity contribution in [3.05, 3.63) is 70.0 Å². The summed E-state index contributed by atoms with van der Waals surface area (Å²) in [5, 5.41) is 1.01. The lowest BCUT2D eigenvalue weighted by Gasteiger charge is -2.13. The molecule has 3 nitrogen and oxygen atoms in total. The van der Waals surface area contributed by atoms with Gasteiger partial charge in [0.25, 0.3) is 5.56 Å². The predicted molar refractivity (Wildman–Crippen MR) is 85.6 cm³/mol. The van der Waals surface area contributed by atoms with E-state index in [4.69, 9.17) is 4.84 Å².